The first kappa shape index (κ1) is 21.0. The van der Waals surface area contributed by atoms with Crippen LogP contribution in [0.15, 0.2) is 46.9 Å². The van der Waals surface area contributed by atoms with Gasteiger partial charge in [-0.3, -0.25) is 19.4 Å². The first-order chi connectivity index (χ1) is 14.4. The Hall–Kier alpha value is -2.22. The summed E-state index contributed by atoms with van der Waals surface area (Å²) in [4.78, 5) is 30.2. The first-order valence-corrected chi connectivity index (χ1v) is 11.0. The van der Waals surface area contributed by atoms with Crippen molar-refractivity contribution in [2.45, 2.75) is 31.3 Å². The summed E-state index contributed by atoms with van der Waals surface area (Å²) < 4.78 is 5.89. The lowest BCUT2D eigenvalue weighted by molar-refractivity contribution is -0.136. The third-order valence-corrected chi connectivity index (χ3v) is 6.41. The predicted molar refractivity (Wildman–Crippen MR) is 118 cm³/mol. The number of carbonyl (C=O) groups is 2. The average Bonchev–Trinajstić information content (AvgIpc) is 2.96. The van der Waals surface area contributed by atoms with Gasteiger partial charge in [0, 0.05) is 15.6 Å². The number of benzene rings is 2. The van der Waals surface area contributed by atoms with Crippen molar-refractivity contribution in [3.05, 3.63) is 58.1 Å². The number of hydrogen-bond acceptors (Lipinski definition) is 5. The molecule has 1 fully saturated rings. The highest BCUT2D eigenvalue weighted by atomic mass is 79.9. The number of methoxy groups -OCH3 is 1. The zero-order chi connectivity index (χ0) is 21.3. The molecule has 0 saturated carbocycles. The summed E-state index contributed by atoms with van der Waals surface area (Å²) in [5.74, 6) is -0.0912. The molecule has 2 aromatic rings. The Morgan fingerprint density at radius 2 is 1.83 bits per heavy atom. The summed E-state index contributed by atoms with van der Waals surface area (Å²) in [6.45, 7) is 2.28. The van der Waals surface area contributed by atoms with Gasteiger partial charge in [0.05, 0.1) is 25.9 Å². The fourth-order valence-corrected chi connectivity index (χ4v) is 4.61. The topological polar surface area (TPSA) is 70.1 Å². The molecule has 2 aliphatic rings. The minimum Gasteiger partial charge on any atom is -0.497 e. The van der Waals surface area contributed by atoms with Crippen LogP contribution < -0.4 is 9.64 Å². The van der Waals surface area contributed by atoms with Gasteiger partial charge in [0.15, 0.2) is 11.4 Å². The van der Waals surface area contributed by atoms with Gasteiger partial charge in [0.2, 0.25) is 0 Å². The molecule has 158 valence electrons. The molecule has 2 aliphatic heterocycles. The fourth-order valence-electron chi connectivity index (χ4n) is 4.25. The van der Waals surface area contributed by atoms with E-state index < -0.39 is 11.5 Å². The second-order valence-electron chi connectivity index (χ2n) is 7.90. The summed E-state index contributed by atoms with van der Waals surface area (Å²) in [6.07, 6.45) is 3.11. The molecule has 6 nitrogen and oxygen atoms in total. The van der Waals surface area contributed by atoms with E-state index in [2.05, 4.69) is 20.8 Å². The van der Waals surface area contributed by atoms with E-state index in [0.717, 1.165) is 30.4 Å². The minimum absolute atomic E-state index is 0.292. The van der Waals surface area contributed by atoms with Crippen molar-refractivity contribution in [1.29, 1.82) is 0 Å². The van der Waals surface area contributed by atoms with Gasteiger partial charge in [-0.05, 0) is 68.4 Å². The van der Waals surface area contributed by atoms with Crippen molar-refractivity contribution in [2.75, 3.05) is 31.8 Å². The van der Waals surface area contributed by atoms with Gasteiger partial charge in [0.25, 0.3) is 5.91 Å². The van der Waals surface area contributed by atoms with Gasteiger partial charge in [0.1, 0.15) is 5.75 Å². The molecule has 1 amide bonds. The van der Waals surface area contributed by atoms with Gasteiger partial charge in [-0.2, -0.15) is 0 Å². The number of nitrogens with zero attached hydrogens (tertiary/aromatic N) is 2. The Balaban J connectivity index is 1.63. The summed E-state index contributed by atoms with van der Waals surface area (Å²) in [5.41, 5.74) is -0.311. The highest BCUT2D eigenvalue weighted by Gasteiger charge is 2.51. The van der Waals surface area contributed by atoms with Crippen molar-refractivity contribution < 1.29 is 19.4 Å². The lowest BCUT2D eigenvalue weighted by atomic mass is 9.88. The van der Waals surface area contributed by atoms with Crippen molar-refractivity contribution in [3.8, 4) is 5.75 Å². The minimum atomic E-state index is -1.88. The smallest absolute Gasteiger partial charge is 0.265 e. The molecule has 0 spiro atoms. The molecule has 0 aromatic heterocycles. The van der Waals surface area contributed by atoms with Crippen molar-refractivity contribution in [2.24, 2.45) is 0 Å². The number of amides is 1. The molecule has 7 heteroatoms. The van der Waals surface area contributed by atoms with E-state index in [4.69, 9.17) is 4.74 Å². The number of halogens is 1. The maximum absolute atomic E-state index is 13.4. The molecular weight excluding hydrogens is 448 g/mol. The fraction of sp³-hybridized carbons (Fsp3) is 0.391. The van der Waals surface area contributed by atoms with Crippen LogP contribution in [0.3, 0.4) is 0 Å². The summed E-state index contributed by atoms with van der Waals surface area (Å²) >= 11 is 3.43. The molecule has 1 unspecified atom stereocenters. The number of Topliss-reactive ketones (excluding diaryl/α,β-unsaturated/α-hetero) is 1. The standard InChI is InChI=1S/C23H25BrN2O4/c1-30-18-8-5-16(6-9-18)21(27)14-23(29)19-13-17(24)7-10-20(19)26(22(23)28)15-25-11-3-2-4-12-25/h5-10,13,29H,2-4,11-12,14-15H2,1H3. The predicted octanol–water partition coefficient (Wildman–Crippen LogP) is 3.71. The maximum Gasteiger partial charge on any atom is 0.265 e. The summed E-state index contributed by atoms with van der Waals surface area (Å²) in [7, 11) is 1.56. The highest BCUT2D eigenvalue weighted by molar-refractivity contribution is 9.10. The van der Waals surface area contributed by atoms with Gasteiger partial charge < -0.3 is 9.84 Å². The largest absolute Gasteiger partial charge is 0.497 e. The molecule has 0 aliphatic carbocycles. The normalized spacial score (nSPS) is 21.6. The number of likely N-dealkylation sites (tertiary alicyclic amines) is 1. The van der Waals surface area contributed by atoms with Crippen LogP contribution in [-0.4, -0.2) is 48.6 Å². The number of fused-ring (bicyclic) bond motifs is 1. The number of aliphatic hydroxyl groups is 1. The third-order valence-electron chi connectivity index (χ3n) is 5.91. The highest BCUT2D eigenvalue weighted by Crippen LogP contribution is 2.44. The molecule has 2 heterocycles. The lowest BCUT2D eigenvalue weighted by Crippen LogP contribution is -2.47. The van der Waals surface area contributed by atoms with Crippen molar-refractivity contribution in [1.82, 2.24) is 4.90 Å². The molecule has 1 saturated heterocycles. The van der Waals surface area contributed by atoms with Gasteiger partial charge in [-0.1, -0.05) is 22.4 Å². The number of piperidine rings is 1. The molecule has 4 rings (SSSR count). The second-order valence-corrected chi connectivity index (χ2v) is 8.82. The van der Waals surface area contributed by atoms with Crippen molar-refractivity contribution >= 4 is 33.3 Å². The molecule has 1 N–H and O–H groups in total. The van der Waals surface area contributed by atoms with Gasteiger partial charge in [-0.15, -0.1) is 0 Å². The number of ketones is 1. The van der Waals surface area contributed by atoms with Crippen LogP contribution in [0.1, 0.15) is 41.6 Å². The number of anilines is 1. The van der Waals surface area contributed by atoms with E-state index in [1.807, 2.05) is 12.1 Å². The van der Waals surface area contributed by atoms with Crippen LogP contribution in [0, 0.1) is 0 Å². The van der Waals surface area contributed by atoms with E-state index in [-0.39, 0.29) is 12.2 Å². The second kappa shape index (κ2) is 8.49. The molecule has 0 bridgehead atoms. The molecule has 0 radical (unpaired) electrons. The Bertz CT molecular complexity index is 956. The Kier molecular flexibility index (Phi) is 5.95. The molecular formula is C23H25BrN2O4. The van der Waals surface area contributed by atoms with Gasteiger partial charge >= 0.3 is 0 Å². The van der Waals surface area contributed by atoms with Crippen LogP contribution in [0.25, 0.3) is 0 Å². The van der Waals surface area contributed by atoms with E-state index >= 15 is 0 Å². The average molecular weight is 473 g/mol. The lowest BCUT2D eigenvalue weighted by Gasteiger charge is -2.31. The third kappa shape index (κ3) is 3.89. The van der Waals surface area contributed by atoms with E-state index in [0.29, 0.717) is 29.2 Å². The van der Waals surface area contributed by atoms with Crippen LogP contribution in [-0.2, 0) is 10.4 Å². The van der Waals surface area contributed by atoms with Crippen LogP contribution in [0.5, 0.6) is 5.75 Å². The van der Waals surface area contributed by atoms with E-state index in [1.54, 1.807) is 42.3 Å². The molecule has 30 heavy (non-hydrogen) atoms. The quantitative estimate of drug-likeness (QED) is 0.648. The summed E-state index contributed by atoms with van der Waals surface area (Å²) in [5, 5.41) is 11.5. The monoisotopic (exact) mass is 472 g/mol. The van der Waals surface area contributed by atoms with Crippen molar-refractivity contribution in [3.63, 3.8) is 0 Å². The summed E-state index contributed by atoms with van der Waals surface area (Å²) in [6, 6.07) is 12.1. The van der Waals surface area contributed by atoms with E-state index in [1.165, 1.54) is 6.42 Å². The first-order valence-electron chi connectivity index (χ1n) is 10.2. The Morgan fingerprint density at radius 3 is 2.50 bits per heavy atom. The zero-order valence-corrected chi connectivity index (χ0v) is 18.5. The van der Waals surface area contributed by atoms with Crippen LogP contribution >= 0.6 is 15.9 Å². The number of carbonyl (C=O) groups excluding carboxylic acids is 2. The molecule has 2 aromatic carbocycles. The zero-order valence-electron chi connectivity index (χ0n) is 16.9. The number of hydrogen-bond donors (Lipinski definition) is 1. The maximum atomic E-state index is 13.4. The molecule has 1 atom stereocenters. The number of ether oxygens (including phenoxy) is 1. The van der Waals surface area contributed by atoms with Crippen LogP contribution in [0.2, 0.25) is 0 Å². The van der Waals surface area contributed by atoms with Gasteiger partial charge in [-0.25, -0.2) is 0 Å². The Morgan fingerprint density at radius 1 is 1.13 bits per heavy atom. The number of rotatable bonds is 6. The van der Waals surface area contributed by atoms with E-state index in [9.17, 15) is 14.7 Å². The Labute approximate surface area is 184 Å². The van der Waals surface area contributed by atoms with Crippen LogP contribution in [0.4, 0.5) is 5.69 Å². The SMILES string of the molecule is COc1ccc(C(=O)CC2(O)C(=O)N(CN3CCCCC3)c3ccc(Br)cc32)cc1.